The molecule has 4 saturated carbocycles. The molecule has 0 aromatic rings. The number of carboxylic acid groups (broad SMARTS) is 1. The normalized spacial score (nSPS) is 45.7. The van der Waals surface area contributed by atoms with E-state index in [0.29, 0.717) is 30.6 Å². The number of carboxylic acids is 1. The predicted octanol–water partition coefficient (Wildman–Crippen LogP) is 4.28. The van der Waals surface area contributed by atoms with Crippen molar-refractivity contribution in [2.75, 3.05) is 6.61 Å². The third kappa shape index (κ3) is 4.80. The first-order valence-corrected chi connectivity index (χ1v) is 17.2. The molecule has 0 saturated heterocycles. The number of aliphatic hydroxyl groups excluding tert-OH is 4. The van der Waals surface area contributed by atoms with E-state index in [4.69, 9.17) is 9.84 Å². The minimum Gasteiger partial charge on any atom is -0.481 e. The van der Waals surface area contributed by atoms with E-state index in [-0.39, 0.29) is 28.1 Å². The highest BCUT2D eigenvalue weighted by Gasteiger charge is 2.69. The van der Waals surface area contributed by atoms with Gasteiger partial charge in [-0.1, -0.05) is 60.1 Å². The summed E-state index contributed by atoms with van der Waals surface area (Å²) < 4.78 is 5.76. The molecule has 0 aromatic heterocycles. The maximum atomic E-state index is 12.9. The molecule has 0 spiro atoms. The summed E-state index contributed by atoms with van der Waals surface area (Å²) in [6.45, 7) is 15.1. The van der Waals surface area contributed by atoms with Crippen molar-refractivity contribution in [3.8, 4) is 0 Å². The molecule has 5 aliphatic carbocycles. The summed E-state index contributed by atoms with van der Waals surface area (Å²) in [5.41, 5.74) is 0.0570. The van der Waals surface area contributed by atoms with Crippen LogP contribution in [-0.2, 0) is 19.1 Å². The van der Waals surface area contributed by atoms with Crippen molar-refractivity contribution >= 4 is 17.7 Å². The summed E-state index contributed by atoms with van der Waals surface area (Å²) in [6.07, 6.45) is 3.39. The summed E-state index contributed by atoms with van der Waals surface area (Å²) in [7, 11) is 0. The molecule has 1 unspecified atom stereocenters. The van der Waals surface area contributed by atoms with Gasteiger partial charge in [0.05, 0.1) is 12.0 Å². The average Bonchev–Trinajstić information content (AvgIpc) is 2.98. The third-order valence-corrected chi connectivity index (χ3v) is 15.0. The van der Waals surface area contributed by atoms with Gasteiger partial charge in [-0.15, -0.1) is 0 Å². The van der Waals surface area contributed by atoms with Gasteiger partial charge in [-0.05, 0) is 104 Å². The molecule has 13 atom stereocenters. The van der Waals surface area contributed by atoms with Gasteiger partial charge < -0.3 is 30.3 Å². The smallest absolute Gasteiger partial charge is 0.377 e. The van der Waals surface area contributed by atoms with Crippen LogP contribution >= 0.6 is 0 Å². The zero-order valence-corrected chi connectivity index (χ0v) is 28.2. The molecule has 0 aliphatic heterocycles. The van der Waals surface area contributed by atoms with Crippen molar-refractivity contribution in [1.82, 2.24) is 0 Å². The Morgan fingerprint density at radius 1 is 0.911 bits per heavy atom. The fourth-order valence-electron chi connectivity index (χ4n) is 11.8. The number of esters is 1. The van der Waals surface area contributed by atoms with Crippen molar-refractivity contribution in [1.29, 1.82) is 0 Å². The number of allylic oxidation sites excluding steroid dienone is 2. The van der Waals surface area contributed by atoms with Crippen LogP contribution in [0.4, 0.5) is 0 Å². The van der Waals surface area contributed by atoms with Crippen molar-refractivity contribution in [2.24, 2.45) is 56.7 Å². The zero-order chi connectivity index (χ0) is 33.5. The van der Waals surface area contributed by atoms with Crippen LogP contribution in [0.25, 0.3) is 0 Å². The van der Waals surface area contributed by atoms with Gasteiger partial charge in [0, 0.05) is 5.41 Å². The first-order chi connectivity index (χ1) is 20.8. The standard InChI is InChI=1S/C36H56O9/c1-19-10-15-36(31(43)44)17-16-34(6)21(26(36)20(19)2)8-9-24-33(5)13-12-25(32(3,4)23(33)11-14-35(24,34)7)45-30(42)29(41)28(40)27(39)22(38)18-37/h8,19-20,22-28,37-40H,9-18H2,1-7H3,(H,43,44)/t19-,20+,22+,23?,24-,25+,26+,27-,28+,33+,34-,35-,36+/m1/s1. The SMILES string of the molecule is C[C@H]1[C@H](C)CC[C@]2(C(=O)O)CC[C@]3(C)C(=CC[C@@H]4[C@@]5(C)CC[C@H](OC(=O)C(=O)[C@@H](O)[C@H](O)[C@@H](O)CO)C(C)(C)C5CC[C@]43C)[C@H]12. The number of aliphatic hydroxyl groups is 4. The number of carbonyl (C=O) groups is 3. The second kappa shape index (κ2) is 11.4. The maximum Gasteiger partial charge on any atom is 0.377 e. The minimum atomic E-state index is -2.19. The van der Waals surface area contributed by atoms with Gasteiger partial charge >= 0.3 is 11.9 Å². The number of fused-ring (bicyclic) bond motifs is 7. The first-order valence-electron chi connectivity index (χ1n) is 17.2. The van der Waals surface area contributed by atoms with E-state index in [0.717, 1.165) is 44.9 Å². The van der Waals surface area contributed by atoms with Crippen LogP contribution in [0.1, 0.15) is 106 Å². The van der Waals surface area contributed by atoms with Crippen molar-refractivity contribution in [3.05, 3.63) is 11.6 Å². The second-order valence-corrected chi connectivity index (χ2v) is 16.9. The lowest BCUT2D eigenvalue weighted by atomic mass is 9.33. The molecule has 45 heavy (non-hydrogen) atoms. The first kappa shape index (κ1) is 34.5. The Bertz CT molecular complexity index is 1240. The Kier molecular flexibility index (Phi) is 8.76. The van der Waals surface area contributed by atoms with Crippen molar-refractivity contribution < 1.29 is 44.7 Å². The Hall–Kier alpha value is -1.81. The van der Waals surface area contributed by atoms with Gasteiger partial charge in [0.1, 0.15) is 18.3 Å². The molecule has 9 nitrogen and oxygen atoms in total. The predicted molar refractivity (Wildman–Crippen MR) is 167 cm³/mol. The van der Waals surface area contributed by atoms with Gasteiger partial charge in [-0.2, -0.15) is 0 Å². The summed E-state index contributed by atoms with van der Waals surface area (Å²) in [4.78, 5) is 38.4. The zero-order valence-electron chi connectivity index (χ0n) is 28.2. The molecule has 5 rings (SSSR count). The van der Waals surface area contributed by atoms with Crippen molar-refractivity contribution in [2.45, 2.75) is 131 Å². The Morgan fingerprint density at radius 3 is 2.20 bits per heavy atom. The molecule has 5 N–H and O–H groups in total. The lowest BCUT2D eigenvalue weighted by Crippen LogP contribution is -2.65. The second-order valence-electron chi connectivity index (χ2n) is 16.9. The van der Waals surface area contributed by atoms with Crippen LogP contribution in [0.2, 0.25) is 0 Å². The summed E-state index contributed by atoms with van der Waals surface area (Å²) in [6, 6.07) is 0. The highest BCUT2D eigenvalue weighted by atomic mass is 16.6. The van der Waals surface area contributed by atoms with Crippen LogP contribution in [-0.4, -0.2) is 74.3 Å². The van der Waals surface area contributed by atoms with Crippen LogP contribution in [0.5, 0.6) is 0 Å². The van der Waals surface area contributed by atoms with Crippen LogP contribution in [0.3, 0.4) is 0 Å². The Morgan fingerprint density at radius 2 is 1.58 bits per heavy atom. The average molecular weight is 633 g/mol. The highest BCUT2D eigenvalue weighted by Crippen LogP contribution is 2.75. The molecule has 0 aromatic carbocycles. The van der Waals surface area contributed by atoms with Gasteiger partial charge in [0.25, 0.3) is 5.78 Å². The van der Waals surface area contributed by atoms with E-state index in [2.05, 4.69) is 54.5 Å². The van der Waals surface area contributed by atoms with E-state index < -0.39 is 59.6 Å². The molecule has 0 bridgehead atoms. The van der Waals surface area contributed by atoms with Crippen LogP contribution in [0, 0.1) is 56.7 Å². The number of carbonyl (C=O) groups excluding carboxylic acids is 2. The lowest BCUT2D eigenvalue weighted by molar-refractivity contribution is -0.215. The Labute approximate surface area is 267 Å². The molecular formula is C36H56O9. The number of hydrogen-bond acceptors (Lipinski definition) is 8. The molecule has 0 amide bonds. The maximum absolute atomic E-state index is 12.9. The molecule has 4 fully saturated rings. The minimum absolute atomic E-state index is 0.0171. The Balaban J connectivity index is 1.42. The molecule has 5 aliphatic rings. The van der Waals surface area contributed by atoms with Gasteiger partial charge in [-0.3, -0.25) is 9.59 Å². The highest BCUT2D eigenvalue weighted by molar-refractivity contribution is 6.35. The summed E-state index contributed by atoms with van der Waals surface area (Å²) >= 11 is 0. The number of ether oxygens (including phenoxy) is 1. The van der Waals surface area contributed by atoms with E-state index in [1.807, 2.05) is 0 Å². The summed E-state index contributed by atoms with van der Waals surface area (Å²) in [5.74, 6) is -1.80. The van der Waals surface area contributed by atoms with E-state index in [1.165, 1.54) is 5.57 Å². The van der Waals surface area contributed by atoms with Crippen LogP contribution in [0.15, 0.2) is 11.6 Å². The third-order valence-electron chi connectivity index (χ3n) is 15.0. The largest absolute Gasteiger partial charge is 0.481 e. The topological polar surface area (TPSA) is 162 Å². The molecule has 254 valence electrons. The fourth-order valence-corrected chi connectivity index (χ4v) is 11.8. The summed E-state index contributed by atoms with van der Waals surface area (Å²) in [5, 5.41) is 49.4. The molecular weight excluding hydrogens is 576 g/mol. The van der Waals surface area contributed by atoms with E-state index >= 15 is 0 Å². The molecule has 0 radical (unpaired) electrons. The number of hydrogen-bond donors (Lipinski definition) is 5. The number of aliphatic carboxylic acids is 1. The van der Waals surface area contributed by atoms with Gasteiger partial charge in [0.15, 0.2) is 6.10 Å². The van der Waals surface area contributed by atoms with Gasteiger partial charge in [-0.25, -0.2) is 4.79 Å². The van der Waals surface area contributed by atoms with Crippen molar-refractivity contribution in [3.63, 3.8) is 0 Å². The van der Waals surface area contributed by atoms with Gasteiger partial charge in [0.2, 0.25) is 0 Å². The molecule has 9 heteroatoms. The number of ketones is 1. The fraction of sp³-hybridized carbons (Fsp3) is 0.861. The van der Waals surface area contributed by atoms with Crippen LogP contribution < -0.4 is 0 Å². The number of rotatable bonds is 7. The lowest BCUT2D eigenvalue weighted by Gasteiger charge is -2.71. The monoisotopic (exact) mass is 632 g/mol. The van der Waals surface area contributed by atoms with E-state index in [9.17, 15) is 34.8 Å². The quantitative estimate of drug-likeness (QED) is 0.157. The number of Topliss-reactive ketones (excluding diaryl/α,β-unsaturated/α-hetero) is 1. The van der Waals surface area contributed by atoms with E-state index in [1.54, 1.807) is 0 Å². The molecule has 0 heterocycles.